The van der Waals surface area contributed by atoms with E-state index in [2.05, 4.69) is 67.4 Å². The number of hydrogen-bond donors (Lipinski definition) is 1. The van der Waals surface area contributed by atoms with Gasteiger partial charge in [0.05, 0.1) is 24.2 Å². The van der Waals surface area contributed by atoms with Gasteiger partial charge in [0, 0.05) is 38.6 Å². The molecule has 6 rings (SSSR count). The lowest BCUT2D eigenvalue weighted by Gasteiger charge is -2.28. The molecule has 0 amide bonds. The zero-order valence-corrected chi connectivity index (χ0v) is 19.3. The minimum absolute atomic E-state index is 0.672. The minimum atomic E-state index is 0.672. The van der Waals surface area contributed by atoms with Crippen LogP contribution in [0, 0.1) is 6.92 Å². The zero-order chi connectivity index (χ0) is 23.1. The van der Waals surface area contributed by atoms with Crippen LogP contribution in [0.25, 0.3) is 28.2 Å². The Kier molecular flexibility index (Phi) is 5.10. The minimum Gasteiger partial charge on any atom is -0.378 e. The van der Waals surface area contributed by atoms with Gasteiger partial charge in [-0.1, -0.05) is 30.3 Å². The fourth-order valence-corrected chi connectivity index (χ4v) is 4.53. The molecular formula is C25H26N8O. The van der Waals surface area contributed by atoms with Crippen LogP contribution in [0.1, 0.15) is 11.4 Å². The first-order valence-electron chi connectivity index (χ1n) is 11.5. The molecule has 1 saturated heterocycles. The van der Waals surface area contributed by atoms with Crippen LogP contribution in [0.3, 0.4) is 0 Å². The Hall–Kier alpha value is -3.98. The normalized spacial score (nSPS) is 14.2. The van der Waals surface area contributed by atoms with Gasteiger partial charge < -0.3 is 19.5 Å². The number of imidazole rings is 1. The zero-order valence-electron chi connectivity index (χ0n) is 19.3. The second-order valence-corrected chi connectivity index (χ2v) is 8.45. The molecule has 0 bridgehead atoms. The summed E-state index contributed by atoms with van der Waals surface area (Å²) in [6.07, 6.45) is 1.97. The summed E-state index contributed by atoms with van der Waals surface area (Å²) in [5.74, 6) is 2.28. The van der Waals surface area contributed by atoms with Crippen molar-refractivity contribution in [2.24, 2.45) is 0 Å². The molecule has 1 aliphatic rings. The number of anilines is 2. The molecule has 0 atom stereocenters. The molecule has 5 aromatic rings. The van der Waals surface area contributed by atoms with Gasteiger partial charge in [0.15, 0.2) is 11.6 Å². The van der Waals surface area contributed by atoms with Crippen LogP contribution < -0.4 is 10.2 Å². The summed E-state index contributed by atoms with van der Waals surface area (Å²) in [6.45, 7) is 5.91. The number of benzene rings is 2. The molecule has 1 aliphatic heterocycles. The van der Waals surface area contributed by atoms with Crippen LogP contribution in [0.15, 0.2) is 54.7 Å². The highest BCUT2D eigenvalue weighted by Gasteiger charge is 2.20. The second kappa shape index (κ2) is 8.42. The van der Waals surface area contributed by atoms with Gasteiger partial charge in [0.1, 0.15) is 11.5 Å². The SMILES string of the molecule is CNc1nc(-c2nc3ccc(N4CCOCC4)cc3n2Cc2ccccc2)cn2c(C)nnc12. The van der Waals surface area contributed by atoms with E-state index in [-0.39, 0.29) is 0 Å². The van der Waals surface area contributed by atoms with Crippen molar-refractivity contribution in [3.8, 4) is 11.5 Å². The van der Waals surface area contributed by atoms with Crippen molar-refractivity contribution in [2.75, 3.05) is 43.6 Å². The molecule has 0 unspecified atom stereocenters. The summed E-state index contributed by atoms with van der Waals surface area (Å²) in [6, 6.07) is 16.9. The highest BCUT2D eigenvalue weighted by Crippen LogP contribution is 2.30. The van der Waals surface area contributed by atoms with E-state index in [0.29, 0.717) is 18.0 Å². The van der Waals surface area contributed by atoms with Crippen molar-refractivity contribution in [1.29, 1.82) is 0 Å². The van der Waals surface area contributed by atoms with Crippen molar-refractivity contribution < 1.29 is 4.74 Å². The number of nitrogens with one attached hydrogen (secondary N) is 1. The smallest absolute Gasteiger partial charge is 0.203 e. The molecular weight excluding hydrogens is 428 g/mol. The maximum absolute atomic E-state index is 5.55. The largest absolute Gasteiger partial charge is 0.378 e. The van der Waals surface area contributed by atoms with Gasteiger partial charge in [-0.3, -0.25) is 4.40 Å². The number of ether oxygens (including phenoxy) is 1. The maximum atomic E-state index is 5.55. The van der Waals surface area contributed by atoms with Crippen molar-refractivity contribution >= 4 is 28.2 Å². The molecule has 172 valence electrons. The first kappa shape index (κ1) is 20.6. The van der Waals surface area contributed by atoms with Crippen molar-refractivity contribution in [3.63, 3.8) is 0 Å². The quantitative estimate of drug-likeness (QED) is 0.436. The number of fused-ring (bicyclic) bond motifs is 2. The third-order valence-corrected chi connectivity index (χ3v) is 6.32. The number of aryl methyl sites for hydroxylation is 1. The lowest BCUT2D eigenvalue weighted by molar-refractivity contribution is 0.122. The Balaban J connectivity index is 1.55. The Labute approximate surface area is 197 Å². The van der Waals surface area contributed by atoms with Crippen molar-refractivity contribution in [3.05, 3.63) is 66.1 Å². The van der Waals surface area contributed by atoms with Crippen LogP contribution in [-0.2, 0) is 11.3 Å². The average Bonchev–Trinajstić information content (AvgIpc) is 3.44. The number of morpholine rings is 1. The molecule has 3 aromatic heterocycles. The predicted octanol–water partition coefficient (Wildman–Crippen LogP) is 3.38. The third kappa shape index (κ3) is 3.54. The fraction of sp³-hybridized carbons (Fsp3) is 0.280. The number of rotatable bonds is 5. The predicted molar refractivity (Wildman–Crippen MR) is 132 cm³/mol. The molecule has 4 heterocycles. The monoisotopic (exact) mass is 454 g/mol. The molecule has 0 spiro atoms. The van der Waals surface area contributed by atoms with E-state index in [0.717, 1.165) is 54.7 Å². The molecule has 0 radical (unpaired) electrons. The average molecular weight is 455 g/mol. The number of aromatic nitrogens is 6. The highest BCUT2D eigenvalue weighted by atomic mass is 16.5. The van der Waals surface area contributed by atoms with Gasteiger partial charge in [-0.25, -0.2) is 9.97 Å². The van der Waals surface area contributed by atoms with E-state index >= 15 is 0 Å². The van der Waals surface area contributed by atoms with Gasteiger partial charge >= 0.3 is 0 Å². The lowest BCUT2D eigenvalue weighted by Crippen LogP contribution is -2.36. The van der Waals surface area contributed by atoms with Gasteiger partial charge in [0.25, 0.3) is 0 Å². The van der Waals surface area contributed by atoms with Crippen molar-refractivity contribution in [1.82, 2.24) is 29.1 Å². The van der Waals surface area contributed by atoms with E-state index in [1.165, 1.54) is 11.3 Å². The Morgan fingerprint density at radius 1 is 1.00 bits per heavy atom. The molecule has 0 saturated carbocycles. The Morgan fingerprint density at radius 2 is 1.82 bits per heavy atom. The van der Waals surface area contributed by atoms with E-state index < -0.39 is 0 Å². The molecule has 9 heteroatoms. The van der Waals surface area contributed by atoms with Gasteiger partial charge in [-0.2, -0.15) is 0 Å². The summed E-state index contributed by atoms with van der Waals surface area (Å²) in [4.78, 5) is 12.3. The fourth-order valence-electron chi connectivity index (χ4n) is 4.53. The third-order valence-electron chi connectivity index (χ3n) is 6.32. The molecule has 0 aliphatic carbocycles. The Bertz CT molecular complexity index is 1470. The first-order valence-corrected chi connectivity index (χ1v) is 11.5. The van der Waals surface area contributed by atoms with Crippen LogP contribution in [-0.4, -0.2) is 62.5 Å². The summed E-state index contributed by atoms with van der Waals surface area (Å²) in [5.41, 5.74) is 5.87. The summed E-state index contributed by atoms with van der Waals surface area (Å²) in [5, 5.41) is 11.6. The highest BCUT2D eigenvalue weighted by molar-refractivity contribution is 5.84. The van der Waals surface area contributed by atoms with Crippen LogP contribution in [0.2, 0.25) is 0 Å². The molecule has 9 nitrogen and oxygen atoms in total. The van der Waals surface area contributed by atoms with Crippen LogP contribution in [0.5, 0.6) is 0 Å². The first-order chi connectivity index (χ1) is 16.7. The lowest BCUT2D eigenvalue weighted by atomic mass is 10.2. The molecule has 1 N–H and O–H groups in total. The van der Waals surface area contributed by atoms with E-state index in [1.54, 1.807) is 0 Å². The number of hydrogen-bond acceptors (Lipinski definition) is 7. The Morgan fingerprint density at radius 3 is 2.62 bits per heavy atom. The standard InChI is InChI=1S/C25H26N8O/c1-17-29-30-25-23(26-2)27-21(16-32(17)25)24-28-20-9-8-19(31-10-12-34-13-11-31)14-22(20)33(24)15-18-6-4-3-5-7-18/h3-9,14,16H,10-13,15H2,1-2H3,(H,26,27). The maximum Gasteiger partial charge on any atom is 0.203 e. The van der Waals surface area contributed by atoms with Crippen LogP contribution in [0.4, 0.5) is 11.5 Å². The van der Waals surface area contributed by atoms with Gasteiger partial charge in [-0.05, 0) is 30.7 Å². The van der Waals surface area contributed by atoms with Gasteiger partial charge in [0.2, 0.25) is 5.65 Å². The summed E-state index contributed by atoms with van der Waals surface area (Å²) >= 11 is 0. The molecule has 34 heavy (non-hydrogen) atoms. The van der Waals surface area contributed by atoms with Crippen LogP contribution >= 0.6 is 0 Å². The van der Waals surface area contributed by atoms with E-state index in [9.17, 15) is 0 Å². The van der Waals surface area contributed by atoms with E-state index in [1.807, 2.05) is 30.6 Å². The van der Waals surface area contributed by atoms with E-state index in [4.69, 9.17) is 14.7 Å². The molecule has 1 fully saturated rings. The number of nitrogens with zero attached hydrogens (tertiary/aromatic N) is 7. The second-order valence-electron chi connectivity index (χ2n) is 8.45. The summed E-state index contributed by atoms with van der Waals surface area (Å²) in [7, 11) is 1.84. The summed E-state index contributed by atoms with van der Waals surface area (Å²) < 4.78 is 9.76. The molecule has 2 aromatic carbocycles. The topological polar surface area (TPSA) is 85.4 Å². The van der Waals surface area contributed by atoms with Gasteiger partial charge in [-0.15, -0.1) is 10.2 Å². The van der Waals surface area contributed by atoms with Crippen molar-refractivity contribution in [2.45, 2.75) is 13.5 Å².